The zero-order chi connectivity index (χ0) is 23.4. The van der Waals surface area contributed by atoms with Crippen LogP contribution in [-0.2, 0) is 11.3 Å². The van der Waals surface area contributed by atoms with E-state index in [-0.39, 0.29) is 5.69 Å². The summed E-state index contributed by atoms with van der Waals surface area (Å²) in [5.41, 5.74) is 9.46. The predicted octanol–water partition coefficient (Wildman–Crippen LogP) is 4.59. The number of nitrogens with zero attached hydrogens (tertiary/aromatic N) is 2. The topological polar surface area (TPSA) is 118 Å². The van der Waals surface area contributed by atoms with Crippen molar-refractivity contribution in [3.05, 3.63) is 89.9 Å². The fourth-order valence-corrected chi connectivity index (χ4v) is 3.90. The fraction of sp³-hybridized carbons (Fsp3) is 0.154. The number of hydrogen-bond acceptors (Lipinski definition) is 5. The van der Waals surface area contributed by atoms with E-state index in [4.69, 9.17) is 5.73 Å². The van der Waals surface area contributed by atoms with E-state index >= 15 is 0 Å². The highest BCUT2D eigenvalue weighted by molar-refractivity contribution is 6.07. The van der Waals surface area contributed by atoms with Crippen LogP contribution in [0.4, 0.5) is 5.69 Å². The van der Waals surface area contributed by atoms with Gasteiger partial charge in [0.05, 0.1) is 11.6 Å². The molecule has 0 radical (unpaired) electrons. The Kier molecular flexibility index (Phi) is 6.42. The van der Waals surface area contributed by atoms with E-state index in [1.165, 1.54) is 0 Å². The largest absolute Gasteiger partial charge is 0.481 e. The van der Waals surface area contributed by atoms with Crippen molar-refractivity contribution in [2.24, 2.45) is 5.73 Å². The second-order valence-electron chi connectivity index (χ2n) is 7.70. The number of carbonyl (C=O) groups excluding carboxylic acids is 1. The third-order valence-corrected chi connectivity index (χ3v) is 5.59. The summed E-state index contributed by atoms with van der Waals surface area (Å²) in [5, 5.41) is 14.1. The van der Waals surface area contributed by atoms with Crippen molar-refractivity contribution in [2.75, 3.05) is 5.32 Å². The Labute approximate surface area is 191 Å². The van der Waals surface area contributed by atoms with Crippen LogP contribution in [0.5, 0.6) is 0 Å². The third-order valence-electron chi connectivity index (χ3n) is 5.59. The molecule has 0 bridgehead atoms. The van der Waals surface area contributed by atoms with Crippen molar-refractivity contribution in [2.45, 2.75) is 25.8 Å². The number of hydrogen-bond donors (Lipinski definition) is 3. The maximum Gasteiger partial charge on any atom is 0.311 e. The van der Waals surface area contributed by atoms with Crippen LogP contribution in [0.1, 0.15) is 40.9 Å². The Morgan fingerprint density at radius 2 is 1.91 bits per heavy atom. The second kappa shape index (κ2) is 9.58. The number of rotatable bonds is 7. The van der Waals surface area contributed by atoms with Crippen LogP contribution in [-0.4, -0.2) is 27.0 Å². The Morgan fingerprint density at radius 3 is 2.67 bits per heavy atom. The minimum Gasteiger partial charge on any atom is -0.481 e. The molecular weight excluding hydrogens is 416 g/mol. The molecule has 4 rings (SSSR count). The van der Waals surface area contributed by atoms with Crippen LogP contribution in [0.3, 0.4) is 0 Å². The lowest BCUT2D eigenvalue weighted by molar-refractivity contribution is -0.138. The lowest BCUT2D eigenvalue weighted by Gasteiger charge is -2.16. The molecule has 0 saturated carbocycles. The molecule has 1 unspecified atom stereocenters. The van der Waals surface area contributed by atoms with Crippen LogP contribution in [0.25, 0.3) is 22.0 Å². The maximum absolute atomic E-state index is 13.2. The lowest BCUT2D eigenvalue weighted by Crippen LogP contribution is -2.18. The highest BCUT2D eigenvalue weighted by atomic mass is 16.4. The summed E-state index contributed by atoms with van der Waals surface area (Å²) in [7, 11) is 0. The molecule has 4 N–H and O–H groups in total. The SMILES string of the molecule is CCC(C(=O)O)c1ccccc1NC(=O)c1cc2ccncc2c(-c2cccc(CN)c2)n1. The van der Waals surface area contributed by atoms with Crippen LogP contribution < -0.4 is 11.1 Å². The number of para-hydroxylation sites is 1. The number of carboxylic acids is 1. The van der Waals surface area contributed by atoms with Crippen LogP contribution in [0.15, 0.2) is 73.1 Å². The van der Waals surface area contributed by atoms with Crippen molar-refractivity contribution in [3.63, 3.8) is 0 Å². The van der Waals surface area contributed by atoms with E-state index in [0.717, 1.165) is 21.9 Å². The monoisotopic (exact) mass is 440 g/mol. The summed E-state index contributed by atoms with van der Waals surface area (Å²) in [5.74, 6) is -2.07. The van der Waals surface area contributed by atoms with Crippen molar-refractivity contribution in [1.29, 1.82) is 0 Å². The molecule has 7 heteroatoms. The number of pyridine rings is 2. The number of nitrogens with two attached hydrogens (primary N) is 1. The number of carboxylic acid groups (broad SMARTS) is 1. The summed E-state index contributed by atoms with van der Waals surface area (Å²) >= 11 is 0. The lowest BCUT2D eigenvalue weighted by atomic mass is 9.95. The van der Waals surface area contributed by atoms with Gasteiger partial charge in [-0.2, -0.15) is 0 Å². The number of carbonyl (C=O) groups is 2. The third kappa shape index (κ3) is 4.58. The first kappa shape index (κ1) is 22.1. The van der Waals surface area contributed by atoms with Gasteiger partial charge < -0.3 is 16.2 Å². The second-order valence-corrected chi connectivity index (χ2v) is 7.70. The molecule has 7 nitrogen and oxygen atoms in total. The molecule has 0 spiro atoms. The standard InChI is InChI=1S/C26H24N4O3/c1-2-19(26(32)33)20-8-3-4-9-22(20)30-25(31)23-13-17-10-11-28-15-21(17)24(29-23)18-7-5-6-16(12-18)14-27/h3-13,15,19H,2,14,27H2,1H3,(H,30,31)(H,32,33). The first-order valence-corrected chi connectivity index (χ1v) is 10.7. The molecule has 33 heavy (non-hydrogen) atoms. The predicted molar refractivity (Wildman–Crippen MR) is 128 cm³/mol. The maximum atomic E-state index is 13.2. The van der Waals surface area contributed by atoms with Gasteiger partial charge in [0, 0.05) is 35.6 Å². The van der Waals surface area contributed by atoms with Crippen molar-refractivity contribution >= 4 is 28.3 Å². The quantitative estimate of drug-likeness (QED) is 0.387. The molecule has 0 aliphatic rings. The van der Waals surface area contributed by atoms with Gasteiger partial charge >= 0.3 is 5.97 Å². The molecule has 0 saturated heterocycles. The number of fused-ring (bicyclic) bond motifs is 1. The van der Waals surface area contributed by atoms with Gasteiger partial charge in [-0.25, -0.2) is 4.98 Å². The van der Waals surface area contributed by atoms with Crippen LogP contribution in [0, 0.1) is 0 Å². The van der Waals surface area contributed by atoms with E-state index in [1.54, 1.807) is 49.6 Å². The average molecular weight is 441 g/mol. The van der Waals surface area contributed by atoms with Gasteiger partial charge in [0.15, 0.2) is 0 Å². The van der Waals surface area contributed by atoms with Gasteiger partial charge in [-0.15, -0.1) is 0 Å². The minimum atomic E-state index is -0.933. The Bertz CT molecular complexity index is 1340. The Hall–Kier alpha value is -4.10. The first-order chi connectivity index (χ1) is 16.0. The molecule has 1 atom stereocenters. The average Bonchev–Trinajstić information content (AvgIpc) is 2.84. The molecule has 1 amide bonds. The van der Waals surface area contributed by atoms with Crippen LogP contribution in [0.2, 0.25) is 0 Å². The van der Waals surface area contributed by atoms with Crippen molar-refractivity contribution in [1.82, 2.24) is 9.97 Å². The van der Waals surface area contributed by atoms with E-state index < -0.39 is 17.8 Å². The van der Waals surface area contributed by atoms with Gasteiger partial charge in [0.25, 0.3) is 5.91 Å². The summed E-state index contributed by atoms with van der Waals surface area (Å²) in [6.45, 7) is 2.20. The number of nitrogens with one attached hydrogen (secondary N) is 1. The molecule has 2 aromatic carbocycles. The molecule has 4 aromatic rings. The van der Waals surface area contributed by atoms with E-state index in [0.29, 0.717) is 29.9 Å². The van der Waals surface area contributed by atoms with E-state index in [9.17, 15) is 14.7 Å². The van der Waals surface area contributed by atoms with Crippen molar-refractivity contribution < 1.29 is 14.7 Å². The number of anilines is 1. The molecule has 166 valence electrons. The molecular formula is C26H24N4O3. The number of amides is 1. The number of aliphatic carboxylic acids is 1. The van der Waals surface area contributed by atoms with E-state index in [1.807, 2.05) is 30.3 Å². The summed E-state index contributed by atoms with van der Waals surface area (Å²) in [6.07, 6.45) is 3.80. The van der Waals surface area contributed by atoms with Crippen LogP contribution >= 0.6 is 0 Å². The van der Waals surface area contributed by atoms with Gasteiger partial charge in [-0.3, -0.25) is 14.6 Å². The highest BCUT2D eigenvalue weighted by Gasteiger charge is 2.22. The van der Waals surface area contributed by atoms with Gasteiger partial charge in [0.1, 0.15) is 5.69 Å². The summed E-state index contributed by atoms with van der Waals surface area (Å²) < 4.78 is 0. The molecule has 0 aliphatic heterocycles. The zero-order valence-corrected chi connectivity index (χ0v) is 18.2. The van der Waals surface area contributed by atoms with E-state index in [2.05, 4.69) is 15.3 Å². The zero-order valence-electron chi connectivity index (χ0n) is 18.2. The normalized spacial score (nSPS) is 11.8. The smallest absolute Gasteiger partial charge is 0.311 e. The number of aromatic nitrogens is 2. The molecule has 0 fully saturated rings. The summed E-state index contributed by atoms with van der Waals surface area (Å²) in [4.78, 5) is 33.8. The number of benzene rings is 2. The minimum absolute atomic E-state index is 0.222. The molecule has 2 aromatic heterocycles. The van der Waals surface area contributed by atoms with Crippen molar-refractivity contribution in [3.8, 4) is 11.3 Å². The summed E-state index contributed by atoms with van der Waals surface area (Å²) in [6, 6.07) is 18.2. The van der Waals surface area contributed by atoms with Gasteiger partial charge in [-0.05, 0) is 47.2 Å². The van der Waals surface area contributed by atoms with Gasteiger partial charge in [0.2, 0.25) is 0 Å². The van der Waals surface area contributed by atoms with Gasteiger partial charge in [-0.1, -0.05) is 43.3 Å². The molecule has 2 heterocycles. The Morgan fingerprint density at radius 1 is 1.09 bits per heavy atom. The first-order valence-electron chi connectivity index (χ1n) is 10.7. The highest BCUT2D eigenvalue weighted by Crippen LogP contribution is 2.30. The molecule has 0 aliphatic carbocycles. The fourth-order valence-electron chi connectivity index (χ4n) is 3.90. The Balaban J connectivity index is 1.77.